The van der Waals surface area contributed by atoms with Gasteiger partial charge in [0.25, 0.3) is 11.5 Å². The second-order valence-corrected chi connectivity index (χ2v) is 5.75. The maximum absolute atomic E-state index is 12.2. The maximum atomic E-state index is 12.2. The molecule has 1 N–H and O–H groups in total. The van der Waals surface area contributed by atoms with Gasteiger partial charge in [-0.25, -0.2) is 0 Å². The van der Waals surface area contributed by atoms with Gasteiger partial charge in [0.05, 0.1) is 0 Å². The number of aryl methyl sites for hydroxylation is 1. The van der Waals surface area contributed by atoms with E-state index in [1.54, 1.807) is 11.0 Å². The number of halogens is 1. The molecule has 0 aliphatic carbocycles. The number of hydrogen-bond acceptors (Lipinski definition) is 2. The Balaban J connectivity index is 2.31. The van der Waals surface area contributed by atoms with Crippen LogP contribution in [0.15, 0.2) is 10.9 Å². The highest BCUT2D eigenvalue weighted by molar-refractivity contribution is 14.1. The number of carbonyl (C=O) groups excluding carboxylic acids is 1. The van der Waals surface area contributed by atoms with Crippen LogP contribution in [0.5, 0.6) is 0 Å². The number of H-pyrrole nitrogens is 1. The lowest BCUT2D eigenvalue weighted by Gasteiger charge is -2.15. The third kappa shape index (κ3) is 2.76. The monoisotopic (exact) mass is 360 g/mol. The molecule has 1 fully saturated rings. The second-order valence-electron chi connectivity index (χ2n) is 4.59. The van der Waals surface area contributed by atoms with Crippen LogP contribution in [0.2, 0.25) is 0 Å². The smallest absolute Gasteiger partial charge is 0.261 e. The number of rotatable bonds is 3. The summed E-state index contributed by atoms with van der Waals surface area (Å²) >= 11 is 2.18. The summed E-state index contributed by atoms with van der Waals surface area (Å²) in [5, 5.41) is 0. The van der Waals surface area contributed by atoms with Crippen molar-refractivity contribution in [2.45, 2.75) is 32.6 Å². The number of carbonyl (C=O) groups is 1. The number of hydrogen-bond donors (Lipinski definition) is 1. The van der Waals surface area contributed by atoms with Crippen molar-refractivity contribution in [1.29, 1.82) is 0 Å². The van der Waals surface area contributed by atoms with E-state index >= 15 is 0 Å². The molecule has 0 spiro atoms. The lowest BCUT2D eigenvalue weighted by Crippen LogP contribution is -2.33. The highest BCUT2D eigenvalue weighted by atomic mass is 127. The Morgan fingerprint density at radius 1 is 1.44 bits per heavy atom. The molecule has 1 saturated heterocycles. The Bertz CT molecular complexity index is 504. The van der Waals surface area contributed by atoms with Gasteiger partial charge in [-0.3, -0.25) is 9.59 Å². The van der Waals surface area contributed by atoms with E-state index in [1.165, 1.54) is 0 Å². The van der Waals surface area contributed by atoms with Crippen LogP contribution in [-0.2, 0) is 6.42 Å². The highest BCUT2D eigenvalue weighted by Gasteiger charge is 2.22. The van der Waals surface area contributed by atoms with E-state index in [4.69, 9.17) is 0 Å². The number of likely N-dealkylation sites (tertiary alicyclic amines) is 1. The zero-order valence-corrected chi connectivity index (χ0v) is 12.6. The minimum Gasteiger partial charge on any atom is -0.338 e. The SMILES string of the molecule is CCCc1[nH]c(=O)c(C(=O)N2CCCC2)cc1I. The molecule has 0 bridgehead atoms. The summed E-state index contributed by atoms with van der Waals surface area (Å²) in [6, 6.07) is 1.73. The predicted molar refractivity (Wildman–Crippen MR) is 78.9 cm³/mol. The molecular formula is C13H17IN2O2. The molecule has 1 aromatic rings. The van der Waals surface area contributed by atoms with E-state index in [9.17, 15) is 9.59 Å². The van der Waals surface area contributed by atoms with E-state index in [1.807, 2.05) is 0 Å². The van der Waals surface area contributed by atoms with Crippen molar-refractivity contribution in [2.24, 2.45) is 0 Å². The number of amides is 1. The minimum absolute atomic E-state index is 0.130. The summed E-state index contributed by atoms with van der Waals surface area (Å²) in [6.07, 6.45) is 3.89. The summed E-state index contributed by atoms with van der Waals surface area (Å²) in [4.78, 5) is 28.8. The van der Waals surface area contributed by atoms with Crippen molar-refractivity contribution in [2.75, 3.05) is 13.1 Å². The van der Waals surface area contributed by atoms with Gasteiger partial charge in [-0.2, -0.15) is 0 Å². The van der Waals surface area contributed by atoms with Gasteiger partial charge in [0.1, 0.15) is 5.56 Å². The lowest BCUT2D eigenvalue weighted by molar-refractivity contribution is 0.0791. The number of aromatic nitrogens is 1. The molecule has 0 aromatic carbocycles. The van der Waals surface area contributed by atoms with E-state index in [0.717, 1.165) is 48.0 Å². The zero-order chi connectivity index (χ0) is 13.1. The quantitative estimate of drug-likeness (QED) is 0.840. The Hall–Kier alpha value is -0.850. The molecule has 4 nitrogen and oxygen atoms in total. The largest absolute Gasteiger partial charge is 0.338 e. The van der Waals surface area contributed by atoms with Crippen LogP contribution < -0.4 is 5.56 Å². The van der Waals surface area contributed by atoms with Gasteiger partial charge in [-0.1, -0.05) is 13.3 Å². The second kappa shape index (κ2) is 5.86. The molecule has 0 radical (unpaired) electrons. The van der Waals surface area contributed by atoms with E-state index < -0.39 is 0 Å². The van der Waals surface area contributed by atoms with Crippen molar-refractivity contribution in [3.8, 4) is 0 Å². The molecule has 98 valence electrons. The summed E-state index contributed by atoms with van der Waals surface area (Å²) < 4.78 is 0.969. The van der Waals surface area contributed by atoms with E-state index in [2.05, 4.69) is 34.5 Å². The van der Waals surface area contributed by atoms with Crippen LogP contribution in [0.3, 0.4) is 0 Å². The molecule has 0 unspecified atom stereocenters. The van der Waals surface area contributed by atoms with Crippen LogP contribution in [0, 0.1) is 3.57 Å². The average Bonchev–Trinajstić information content (AvgIpc) is 2.86. The Kier molecular flexibility index (Phi) is 4.42. The minimum atomic E-state index is -0.254. The summed E-state index contributed by atoms with van der Waals surface area (Å²) in [6.45, 7) is 3.61. The first-order valence-corrected chi connectivity index (χ1v) is 7.42. The van der Waals surface area contributed by atoms with Crippen LogP contribution in [0.1, 0.15) is 42.2 Å². The van der Waals surface area contributed by atoms with Gasteiger partial charge in [-0.05, 0) is 47.9 Å². The van der Waals surface area contributed by atoms with Crippen molar-refractivity contribution >= 4 is 28.5 Å². The molecular weight excluding hydrogens is 343 g/mol. The van der Waals surface area contributed by atoms with Gasteiger partial charge in [-0.15, -0.1) is 0 Å². The first-order chi connectivity index (χ1) is 8.63. The van der Waals surface area contributed by atoms with Crippen molar-refractivity contribution in [3.05, 3.63) is 31.2 Å². The normalized spacial score (nSPS) is 15.1. The van der Waals surface area contributed by atoms with Gasteiger partial charge in [0.2, 0.25) is 0 Å². The predicted octanol–water partition coefficient (Wildman–Crippen LogP) is 2.17. The molecule has 2 rings (SSSR count). The lowest BCUT2D eigenvalue weighted by atomic mass is 10.2. The fraction of sp³-hybridized carbons (Fsp3) is 0.538. The van der Waals surface area contributed by atoms with Gasteiger partial charge < -0.3 is 9.88 Å². The van der Waals surface area contributed by atoms with Crippen LogP contribution >= 0.6 is 22.6 Å². The van der Waals surface area contributed by atoms with Crippen LogP contribution in [-0.4, -0.2) is 28.9 Å². The number of nitrogens with zero attached hydrogens (tertiary/aromatic N) is 1. The fourth-order valence-electron chi connectivity index (χ4n) is 2.22. The van der Waals surface area contributed by atoms with E-state index in [-0.39, 0.29) is 17.0 Å². The Labute approximate surface area is 120 Å². The van der Waals surface area contributed by atoms with Crippen LogP contribution in [0.4, 0.5) is 0 Å². The first-order valence-electron chi connectivity index (χ1n) is 6.34. The zero-order valence-electron chi connectivity index (χ0n) is 10.5. The van der Waals surface area contributed by atoms with Crippen molar-refractivity contribution in [1.82, 2.24) is 9.88 Å². The highest BCUT2D eigenvalue weighted by Crippen LogP contribution is 2.15. The molecule has 1 amide bonds. The van der Waals surface area contributed by atoms with Gasteiger partial charge in [0, 0.05) is 22.4 Å². The Morgan fingerprint density at radius 3 is 2.72 bits per heavy atom. The Morgan fingerprint density at radius 2 is 2.11 bits per heavy atom. The van der Waals surface area contributed by atoms with Crippen molar-refractivity contribution in [3.63, 3.8) is 0 Å². The molecule has 5 heteroatoms. The molecule has 0 saturated carbocycles. The molecule has 1 aliphatic rings. The maximum Gasteiger partial charge on any atom is 0.261 e. The molecule has 1 aliphatic heterocycles. The third-order valence-corrected chi connectivity index (χ3v) is 4.15. The van der Waals surface area contributed by atoms with Crippen molar-refractivity contribution < 1.29 is 4.79 Å². The number of aromatic amines is 1. The fourth-order valence-corrected chi connectivity index (χ4v) is 2.94. The summed E-state index contributed by atoms with van der Waals surface area (Å²) in [7, 11) is 0. The number of pyridine rings is 1. The first kappa shape index (κ1) is 13.6. The summed E-state index contributed by atoms with van der Waals surface area (Å²) in [5.41, 5.74) is 0.956. The summed E-state index contributed by atoms with van der Waals surface area (Å²) in [5.74, 6) is -0.130. The number of nitrogens with one attached hydrogen (secondary N) is 1. The third-order valence-electron chi connectivity index (χ3n) is 3.19. The topological polar surface area (TPSA) is 53.2 Å². The van der Waals surface area contributed by atoms with Crippen LogP contribution in [0.25, 0.3) is 0 Å². The van der Waals surface area contributed by atoms with Gasteiger partial charge in [0.15, 0.2) is 0 Å². The molecule has 18 heavy (non-hydrogen) atoms. The molecule has 1 aromatic heterocycles. The molecule has 0 atom stereocenters. The molecule has 2 heterocycles. The van der Waals surface area contributed by atoms with Gasteiger partial charge >= 0.3 is 0 Å². The standard InChI is InChI=1S/C13H17IN2O2/c1-2-5-11-10(14)8-9(12(17)15-11)13(18)16-6-3-4-7-16/h8H,2-7H2,1H3,(H,15,17). The average molecular weight is 360 g/mol. The van der Waals surface area contributed by atoms with E-state index in [0.29, 0.717) is 0 Å².